The smallest absolute Gasteiger partial charge is 0.153 e. The van der Waals surface area contributed by atoms with Gasteiger partial charge in [0.15, 0.2) is 7.14 Å². The van der Waals surface area contributed by atoms with Crippen molar-refractivity contribution in [1.82, 2.24) is 0 Å². The van der Waals surface area contributed by atoms with Gasteiger partial charge in [0.05, 0.1) is 0 Å². The molecular weight excluding hydrogens is 303 g/mol. The van der Waals surface area contributed by atoms with Crippen LogP contribution in [0.2, 0.25) is 0 Å². The zero-order chi connectivity index (χ0) is 15.9. The van der Waals surface area contributed by atoms with Crippen molar-refractivity contribution in [3.63, 3.8) is 0 Å². The molecular formula is C20H23O2P. The van der Waals surface area contributed by atoms with Gasteiger partial charge in [0.2, 0.25) is 0 Å². The van der Waals surface area contributed by atoms with Gasteiger partial charge in [0.25, 0.3) is 0 Å². The zero-order valence-electron chi connectivity index (χ0n) is 13.3. The lowest BCUT2D eigenvalue weighted by molar-refractivity contribution is 0.107. The van der Waals surface area contributed by atoms with Gasteiger partial charge in [0.1, 0.15) is 5.34 Å². The standard InChI is InChI=1S/C20H23O2P/c21-20(17-10-3-1-4-11-17)15-16-9-7-8-14-19(16)23(20,22)18-12-5-2-6-13-18/h1-6,10-13,16,19,21H,7-9,14-15H2. The van der Waals surface area contributed by atoms with Crippen LogP contribution in [-0.4, -0.2) is 10.8 Å². The van der Waals surface area contributed by atoms with E-state index in [-0.39, 0.29) is 5.66 Å². The summed E-state index contributed by atoms with van der Waals surface area (Å²) >= 11 is 0. The molecule has 0 aromatic heterocycles. The van der Waals surface area contributed by atoms with E-state index in [0.29, 0.717) is 12.3 Å². The maximum absolute atomic E-state index is 14.4. The first kappa shape index (κ1) is 15.2. The lowest BCUT2D eigenvalue weighted by Crippen LogP contribution is -2.29. The van der Waals surface area contributed by atoms with E-state index in [2.05, 4.69) is 0 Å². The summed E-state index contributed by atoms with van der Waals surface area (Å²) in [6.45, 7) is 0. The Morgan fingerprint density at radius 1 is 0.913 bits per heavy atom. The van der Waals surface area contributed by atoms with Gasteiger partial charge in [-0.2, -0.15) is 0 Å². The predicted octanol–water partition coefficient (Wildman–Crippen LogP) is 4.48. The van der Waals surface area contributed by atoms with E-state index >= 15 is 0 Å². The molecule has 0 radical (unpaired) electrons. The SMILES string of the molecule is O=P1(c2ccccc2)C2CCCCC2CC1(O)c1ccccc1. The van der Waals surface area contributed by atoms with Gasteiger partial charge in [-0.05, 0) is 30.7 Å². The van der Waals surface area contributed by atoms with Crippen LogP contribution in [-0.2, 0) is 9.91 Å². The van der Waals surface area contributed by atoms with E-state index in [0.717, 1.165) is 30.1 Å². The van der Waals surface area contributed by atoms with E-state index in [1.54, 1.807) is 0 Å². The molecule has 1 saturated carbocycles. The Labute approximate surface area is 137 Å². The molecule has 120 valence electrons. The molecule has 0 bridgehead atoms. The third kappa shape index (κ3) is 2.16. The second-order valence-electron chi connectivity index (χ2n) is 6.99. The Morgan fingerprint density at radius 2 is 1.52 bits per heavy atom. The number of benzene rings is 2. The molecule has 2 aromatic rings. The second-order valence-corrected chi connectivity index (χ2v) is 10.2. The van der Waals surface area contributed by atoms with E-state index in [1.807, 2.05) is 60.7 Å². The molecule has 2 aromatic carbocycles. The highest BCUT2D eigenvalue weighted by Crippen LogP contribution is 2.75. The van der Waals surface area contributed by atoms with Gasteiger partial charge >= 0.3 is 0 Å². The Morgan fingerprint density at radius 3 is 2.22 bits per heavy atom. The molecule has 4 rings (SSSR count). The summed E-state index contributed by atoms with van der Waals surface area (Å²) in [4.78, 5) is 0. The highest BCUT2D eigenvalue weighted by Gasteiger charge is 2.62. The van der Waals surface area contributed by atoms with Crippen LogP contribution in [0.5, 0.6) is 0 Å². The first-order chi connectivity index (χ1) is 11.2. The number of hydrogen-bond donors (Lipinski definition) is 1. The van der Waals surface area contributed by atoms with Crippen molar-refractivity contribution >= 4 is 12.4 Å². The van der Waals surface area contributed by atoms with Crippen molar-refractivity contribution in [3.05, 3.63) is 66.2 Å². The second kappa shape index (κ2) is 5.61. The highest BCUT2D eigenvalue weighted by atomic mass is 31.2. The van der Waals surface area contributed by atoms with Crippen molar-refractivity contribution in [3.8, 4) is 0 Å². The molecule has 1 aliphatic carbocycles. The van der Waals surface area contributed by atoms with Gasteiger partial charge in [-0.3, -0.25) is 0 Å². The van der Waals surface area contributed by atoms with Crippen LogP contribution in [0.25, 0.3) is 0 Å². The molecule has 4 unspecified atom stereocenters. The molecule has 2 aliphatic rings. The minimum Gasteiger partial charge on any atom is -0.377 e. The van der Waals surface area contributed by atoms with E-state index in [4.69, 9.17) is 0 Å². The maximum Gasteiger partial charge on any atom is 0.153 e. The lowest BCUT2D eigenvalue weighted by Gasteiger charge is -2.35. The fourth-order valence-electron chi connectivity index (χ4n) is 4.75. The average Bonchev–Trinajstić information content (AvgIpc) is 2.86. The van der Waals surface area contributed by atoms with Crippen molar-refractivity contribution < 1.29 is 9.67 Å². The fourth-order valence-corrected chi connectivity index (χ4v) is 9.16. The predicted molar refractivity (Wildman–Crippen MR) is 94.4 cm³/mol. The number of fused-ring (bicyclic) bond motifs is 1. The third-order valence-corrected chi connectivity index (χ3v) is 10.0. The van der Waals surface area contributed by atoms with Crippen molar-refractivity contribution in [2.24, 2.45) is 5.92 Å². The van der Waals surface area contributed by atoms with E-state index < -0.39 is 12.5 Å². The molecule has 1 heterocycles. The summed E-state index contributed by atoms with van der Waals surface area (Å²) in [5.41, 5.74) is 0.949. The number of aliphatic hydroxyl groups is 1. The van der Waals surface area contributed by atoms with E-state index in [1.165, 1.54) is 6.42 Å². The Balaban J connectivity index is 1.92. The van der Waals surface area contributed by atoms with Crippen LogP contribution in [0, 0.1) is 5.92 Å². The summed E-state index contributed by atoms with van der Waals surface area (Å²) in [5, 5.41) is 11.3. The number of rotatable bonds is 2. The normalized spacial score (nSPS) is 36.6. The molecule has 2 fully saturated rings. The Hall–Kier alpha value is -1.37. The highest BCUT2D eigenvalue weighted by molar-refractivity contribution is 7.73. The van der Waals surface area contributed by atoms with Crippen LogP contribution in [0.15, 0.2) is 60.7 Å². The first-order valence-electron chi connectivity index (χ1n) is 8.59. The minimum absolute atomic E-state index is 0.129. The summed E-state index contributed by atoms with van der Waals surface area (Å²) in [5.74, 6) is 0.375. The van der Waals surface area contributed by atoms with Crippen LogP contribution < -0.4 is 5.30 Å². The zero-order valence-corrected chi connectivity index (χ0v) is 14.2. The van der Waals surface area contributed by atoms with Gasteiger partial charge in [0, 0.05) is 11.0 Å². The van der Waals surface area contributed by atoms with Crippen molar-refractivity contribution in [2.45, 2.75) is 43.1 Å². The van der Waals surface area contributed by atoms with Gasteiger partial charge in [-0.1, -0.05) is 73.5 Å². The van der Waals surface area contributed by atoms with Crippen molar-refractivity contribution in [2.75, 3.05) is 0 Å². The Kier molecular flexibility index (Phi) is 3.70. The fraction of sp³-hybridized carbons (Fsp3) is 0.400. The van der Waals surface area contributed by atoms with Gasteiger partial charge in [-0.25, -0.2) is 0 Å². The molecule has 2 nitrogen and oxygen atoms in total. The van der Waals surface area contributed by atoms with E-state index in [9.17, 15) is 9.67 Å². The molecule has 1 N–H and O–H groups in total. The van der Waals surface area contributed by atoms with Crippen LogP contribution >= 0.6 is 7.14 Å². The third-order valence-electron chi connectivity index (χ3n) is 5.81. The summed E-state index contributed by atoms with van der Waals surface area (Å²) < 4.78 is 14.4. The van der Waals surface area contributed by atoms with Crippen LogP contribution in [0.3, 0.4) is 0 Å². The molecule has 23 heavy (non-hydrogen) atoms. The quantitative estimate of drug-likeness (QED) is 0.826. The Bertz CT molecular complexity index is 728. The first-order valence-corrected chi connectivity index (χ1v) is 10.4. The molecule has 0 amide bonds. The van der Waals surface area contributed by atoms with Crippen LogP contribution in [0.4, 0.5) is 0 Å². The largest absolute Gasteiger partial charge is 0.377 e. The molecule has 3 heteroatoms. The topological polar surface area (TPSA) is 37.3 Å². The monoisotopic (exact) mass is 326 g/mol. The summed E-state index contributed by atoms with van der Waals surface area (Å²) in [6.07, 6.45) is 5.03. The molecule has 1 aliphatic heterocycles. The molecule has 0 spiro atoms. The lowest BCUT2D eigenvalue weighted by atomic mass is 9.84. The number of hydrogen-bond acceptors (Lipinski definition) is 2. The van der Waals surface area contributed by atoms with Crippen molar-refractivity contribution in [1.29, 1.82) is 0 Å². The summed E-state index contributed by atoms with van der Waals surface area (Å²) in [7, 11) is -2.94. The van der Waals surface area contributed by atoms with Gasteiger partial charge in [-0.15, -0.1) is 0 Å². The average molecular weight is 326 g/mol. The molecule has 4 atom stereocenters. The maximum atomic E-state index is 14.4. The minimum atomic E-state index is -2.94. The van der Waals surface area contributed by atoms with Gasteiger partial charge < -0.3 is 9.67 Å². The molecule has 1 saturated heterocycles. The summed E-state index contributed by atoms with van der Waals surface area (Å²) in [6, 6.07) is 19.4. The van der Waals surface area contributed by atoms with Crippen LogP contribution in [0.1, 0.15) is 37.7 Å².